The number of carbonyl (C=O) groups excluding carboxylic acids is 1. The Bertz CT molecular complexity index is 757. The van der Waals surface area contributed by atoms with Gasteiger partial charge in [-0.1, -0.05) is 6.07 Å². The number of amides is 1. The van der Waals surface area contributed by atoms with Gasteiger partial charge >= 0.3 is 0 Å². The Kier molecular flexibility index (Phi) is 4.65. The van der Waals surface area contributed by atoms with Crippen LogP contribution < -0.4 is 0 Å². The highest BCUT2D eigenvalue weighted by Gasteiger charge is 2.47. The minimum atomic E-state index is -0.235. The first-order valence-electron chi connectivity index (χ1n) is 8.95. The number of ether oxygens (including phenoxy) is 1. The molecule has 2 aromatic rings. The molecule has 136 valence electrons. The molecule has 0 radical (unpaired) electrons. The molecule has 26 heavy (non-hydrogen) atoms. The summed E-state index contributed by atoms with van der Waals surface area (Å²) >= 11 is 0. The maximum absolute atomic E-state index is 12.6. The molecule has 2 unspecified atom stereocenters. The van der Waals surface area contributed by atoms with Crippen molar-refractivity contribution in [1.82, 2.24) is 24.8 Å². The molecular weight excluding hydrogens is 330 g/mol. The summed E-state index contributed by atoms with van der Waals surface area (Å²) in [4.78, 5) is 29.2. The Labute approximate surface area is 153 Å². The number of aromatic nitrogens is 3. The van der Waals surface area contributed by atoms with Gasteiger partial charge in [0.05, 0.1) is 30.6 Å². The van der Waals surface area contributed by atoms with Gasteiger partial charge in [-0.15, -0.1) is 0 Å². The third-order valence-corrected chi connectivity index (χ3v) is 5.34. The van der Waals surface area contributed by atoms with Gasteiger partial charge in [-0.3, -0.25) is 19.7 Å². The molecule has 0 aromatic carbocycles. The van der Waals surface area contributed by atoms with Crippen LogP contribution >= 0.6 is 0 Å². The zero-order valence-corrected chi connectivity index (χ0v) is 14.9. The molecule has 2 atom stereocenters. The fraction of sp³-hybridized carbons (Fsp3) is 0.474. The van der Waals surface area contributed by atoms with Gasteiger partial charge in [-0.25, -0.2) is 4.98 Å². The van der Waals surface area contributed by atoms with Gasteiger partial charge in [0.25, 0.3) is 5.91 Å². The van der Waals surface area contributed by atoms with E-state index in [9.17, 15) is 4.79 Å². The molecule has 4 heterocycles. The van der Waals surface area contributed by atoms with Crippen molar-refractivity contribution < 1.29 is 9.53 Å². The van der Waals surface area contributed by atoms with Crippen LogP contribution in [0.15, 0.2) is 43.0 Å². The van der Waals surface area contributed by atoms with Crippen molar-refractivity contribution in [3.05, 3.63) is 54.4 Å². The zero-order chi connectivity index (χ0) is 18.0. The van der Waals surface area contributed by atoms with Gasteiger partial charge in [0.1, 0.15) is 5.69 Å². The first-order chi connectivity index (χ1) is 12.7. The number of pyridine rings is 1. The third-order valence-electron chi connectivity index (χ3n) is 5.34. The summed E-state index contributed by atoms with van der Waals surface area (Å²) in [7, 11) is 2.11. The van der Waals surface area contributed by atoms with Gasteiger partial charge in [0, 0.05) is 37.7 Å². The van der Waals surface area contributed by atoms with Crippen LogP contribution in [0.2, 0.25) is 0 Å². The van der Waals surface area contributed by atoms with E-state index in [0.29, 0.717) is 31.4 Å². The summed E-state index contributed by atoms with van der Waals surface area (Å²) in [6.07, 6.45) is 8.26. The molecule has 2 aromatic heterocycles. The fourth-order valence-electron chi connectivity index (χ4n) is 3.85. The molecule has 2 saturated heterocycles. The third kappa shape index (κ3) is 3.45. The van der Waals surface area contributed by atoms with Crippen LogP contribution in [0.3, 0.4) is 0 Å². The molecule has 2 fully saturated rings. The molecule has 7 heteroatoms. The van der Waals surface area contributed by atoms with E-state index in [-0.39, 0.29) is 11.5 Å². The second kappa shape index (κ2) is 7.09. The minimum absolute atomic E-state index is 0.0659. The molecule has 0 N–H and O–H groups in total. The van der Waals surface area contributed by atoms with E-state index in [0.717, 1.165) is 25.1 Å². The van der Waals surface area contributed by atoms with Crippen molar-refractivity contribution in [2.24, 2.45) is 0 Å². The van der Waals surface area contributed by atoms with Gasteiger partial charge in [0.15, 0.2) is 0 Å². The summed E-state index contributed by atoms with van der Waals surface area (Å²) < 4.78 is 6.20. The molecule has 7 nitrogen and oxygen atoms in total. The number of rotatable bonds is 4. The Morgan fingerprint density at radius 2 is 2.27 bits per heavy atom. The Hall–Kier alpha value is -2.38. The molecule has 0 bridgehead atoms. The average Bonchev–Trinajstić information content (AvgIpc) is 3.30. The van der Waals surface area contributed by atoms with Gasteiger partial charge < -0.3 is 9.64 Å². The minimum Gasteiger partial charge on any atom is -0.371 e. The lowest BCUT2D eigenvalue weighted by Crippen LogP contribution is -2.37. The maximum atomic E-state index is 12.6. The predicted molar refractivity (Wildman–Crippen MR) is 95.3 cm³/mol. The number of likely N-dealkylation sites (N-methyl/N-ethyl adjacent to an activating group) is 1. The summed E-state index contributed by atoms with van der Waals surface area (Å²) in [5.74, 6) is -0.0659. The highest BCUT2D eigenvalue weighted by Crippen LogP contribution is 2.37. The topological polar surface area (TPSA) is 71.5 Å². The predicted octanol–water partition coefficient (Wildman–Crippen LogP) is 1.38. The summed E-state index contributed by atoms with van der Waals surface area (Å²) in [5, 5.41) is 0. The summed E-state index contributed by atoms with van der Waals surface area (Å²) in [6.45, 7) is 2.81. The zero-order valence-electron chi connectivity index (χ0n) is 14.9. The van der Waals surface area contributed by atoms with E-state index in [1.807, 2.05) is 29.3 Å². The Balaban J connectivity index is 1.37. The van der Waals surface area contributed by atoms with Crippen LogP contribution in [-0.2, 0) is 11.3 Å². The van der Waals surface area contributed by atoms with Crippen molar-refractivity contribution in [2.75, 3.05) is 26.7 Å². The molecule has 2 aliphatic rings. The van der Waals surface area contributed by atoms with E-state index in [2.05, 4.69) is 26.9 Å². The van der Waals surface area contributed by atoms with Crippen LogP contribution in [0.5, 0.6) is 0 Å². The van der Waals surface area contributed by atoms with Crippen LogP contribution in [-0.4, -0.2) is 69.0 Å². The Morgan fingerprint density at radius 3 is 3.04 bits per heavy atom. The molecule has 1 spiro atoms. The smallest absolute Gasteiger partial charge is 0.274 e. The second-order valence-electron chi connectivity index (χ2n) is 7.16. The quantitative estimate of drug-likeness (QED) is 0.827. The monoisotopic (exact) mass is 353 g/mol. The number of likely N-dealkylation sites (tertiary alicyclic amines) is 1. The van der Waals surface area contributed by atoms with Gasteiger partial charge in [-0.2, -0.15) is 0 Å². The van der Waals surface area contributed by atoms with Crippen molar-refractivity contribution in [2.45, 2.75) is 31.0 Å². The van der Waals surface area contributed by atoms with E-state index in [1.54, 1.807) is 12.4 Å². The van der Waals surface area contributed by atoms with Crippen molar-refractivity contribution in [3.8, 4) is 0 Å². The van der Waals surface area contributed by atoms with Crippen molar-refractivity contribution >= 4 is 5.91 Å². The van der Waals surface area contributed by atoms with Crippen molar-refractivity contribution in [1.29, 1.82) is 0 Å². The molecule has 4 rings (SSSR count). The molecule has 0 aliphatic carbocycles. The van der Waals surface area contributed by atoms with E-state index >= 15 is 0 Å². The average molecular weight is 353 g/mol. The van der Waals surface area contributed by atoms with Gasteiger partial charge in [0.2, 0.25) is 0 Å². The van der Waals surface area contributed by atoms with E-state index in [4.69, 9.17) is 4.74 Å². The largest absolute Gasteiger partial charge is 0.371 e. The molecule has 2 aliphatic heterocycles. The first-order valence-corrected chi connectivity index (χ1v) is 8.95. The van der Waals surface area contributed by atoms with Gasteiger partial charge in [-0.05, 0) is 32.0 Å². The lowest BCUT2D eigenvalue weighted by Gasteiger charge is -2.25. The number of nitrogens with zero attached hydrogens (tertiary/aromatic N) is 5. The van der Waals surface area contributed by atoms with Crippen LogP contribution in [0.1, 0.15) is 29.0 Å². The lowest BCUT2D eigenvalue weighted by atomic mass is 9.96. The number of hydrogen-bond donors (Lipinski definition) is 0. The number of hydrogen-bond acceptors (Lipinski definition) is 6. The van der Waals surface area contributed by atoms with E-state index in [1.165, 1.54) is 6.20 Å². The highest BCUT2D eigenvalue weighted by molar-refractivity contribution is 5.92. The molecular formula is C19H23N5O2. The normalized spacial score (nSPS) is 25.3. The Morgan fingerprint density at radius 1 is 1.35 bits per heavy atom. The second-order valence-corrected chi connectivity index (χ2v) is 7.16. The number of carbonyl (C=O) groups is 1. The highest BCUT2D eigenvalue weighted by atomic mass is 16.5. The molecule has 0 saturated carbocycles. The first kappa shape index (κ1) is 17.1. The standard InChI is InChI=1S/C19H23N5O2/c1-23(12-15-4-2-3-6-21-15)16-10-19(26-13-16)5-9-24(14-19)18(25)17-11-20-7-8-22-17/h2-4,6-8,11,16H,5,9-10,12-14H2,1H3. The molecule has 1 amide bonds. The van der Waals surface area contributed by atoms with Crippen LogP contribution in [0, 0.1) is 0 Å². The summed E-state index contributed by atoms with van der Waals surface area (Å²) in [5.41, 5.74) is 1.22. The lowest BCUT2D eigenvalue weighted by molar-refractivity contribution is 0.0107. The van der Waals surface area contributed by atoms with Crippen LogP contribution in [0.4, 0.5) is 0 Å². The SMILES string of the molecule is CN(Cc1ccccn1)C1COC2(CCN(C(=O)c3cnccn3)C2)C1. The maximum Gasteiger partial charge on any atom is 0.274 e. The van der Waals surface area contributed by atoms with E-state index < -0.39 is 0 Å². The summed E-state index contributed by atoms with van der Waals surface area (Å²) in [6, 6.07) is 6.32. The fourth-order valence-corrected chi connectivity index (χ4v) is 3.85. The van der Waals surface area contributed by atoms with Crippen molar-refractivity contribution in [3.63, 3.8) is 0 Å². The van der Waals surface area contributed by atoms with Crippen LogP contribution in [0.25, 0.3) is 0 Å².